The largest absolute Gasteiger partial charge is 0.578 e. The first-order chi connectivity index (χ1) is 11.3. The van der Waals surface area contributed by atoms with Crippen LogP contribution in [0.3, 0.4) is 0 Å². The summed E-state index contributed by atoms with van der Waals surface area (Å²) in [6, 6.07) is 5.74. The predicted molar refractivity (Wildman–Crippen MR) is 100 cm³/mol. The zero-order valence-corrected chi connectivity index (χ0v) is 21.8. The van der Waals surface area contributed by atoms with Crippen molar-refractivity contribution in [2.45, 2.75) is 27.7 Å². The molecular weight excluding hydrogens is 482 g/mol. The molecule has 0 aliphatic heterocycles. The van der Waals surface area contributed by atoms with Gasteiger partial charge in [0.15, 0.2) is 0 Å². The number of hydrogen-bond acceptors (Lipinski definition) is 4. The topological polar surface area (TPSA) is 80.9 Å². The maximum Gasteiger partial charge on any atom is 0.0763 e. The van der Waals surface area contributed by atoms with E-state index >= 15 is 0 Å². The third kappa shape index (κ3) is 10.5. The number of rotatable bonds is 0. The van der Waals surface area contributed by atoms with Gasteiger partial charge in [0.1, 0.15) is 0 Å². The Kier molecular flexibility index (Phi) is 22.5. The van der Waals surface area contributed by atoms with Gasteiger partial charge >= 0.3 is 0 Å². The van der Waals surface area contributed by atoms with Gasteiger partial charge in [-0.2, -0.15) is 0 Å². The second kappa shape index (κ2) is 17.7. The van der Waals surface area contributed by atoms with Crippen LogP contribution in [0.2, 0.25) is 0 Å². The van der Waals surface area contributed by atoms with Gasteiger partial charge in [-0.05, 0) is 17.2 Å². The Morgan fingerprint density at radius 1 is 0.538 bits per heavy atom. The molecule has 4 N–H and O–H groups in total. The molecule has 0 unspecified atom stereocenters. The van der Waals surface area contributed by atoms with Crippen molar-refractivity contribution in [2.24, 2.45) is 0 Å². The molecule has 2 aromatic carbocycles. The van der Waals surface area contributed by atoms with E-state index in [-0.39, 0.29) is 88.4 Å². The van der Waals surface area contributed by atoms with Crippen LogP contribution in [0.15, 0.2) is 24.3 Å². The van der Waals surface area contributed by atoms with E-state index in [1.54, 1.807) is 6.07 Å². The van der Waals surface area contributed by atoms with Crippen LogP contribution in [0.5, 0.6) is 23.0 Å². The molecule has 0 heterocycles. The zero-order chi connectivity index (χ0) is 19.4. The molecule has 0 aromatic heterocycles. The van der Waals surface area contributed by atoms with Crippen molar-refractivity contribution in [3.05, 3.63) is 74.2 Å². The van der Waals surface area contributed by atoms with Crippen LogP contribution in [-0.2, 0) is 65.4 Å². The maximum absolute atomic E-state index is 9.03. The van der Waals surface area contributed by atoms with Crippen molar-refractivity contribution in [1.82, 2.24) is 0 Å². The summed E-state index contributed by atoms with van der Waals surface area (Å²) >= 11 is 0. The molecule has 0 atom stereocenters. The second-order valence-corrected chi connectivity index (χ2v) is 4.13. The van der Waals surface area contributed by atoms with E-state index in [0.717, 1.165) is 0 Å². The third-order valence-electron chi connectivity index (χ3n) is 2.74. The number of phenolic OH excluding ortho intramolecular Hbond substituents is 4. The molecule has 0 spiro atoms. The standard InChI is InChI=1S/2C8H8O2.2C2H6.2Y/c1-5-6(2)8(10)4-3-7(5)9;1-5-3-4-7(9)8(10)6(5)2;2*1-2;;/h2*3-4,9-10H,1-2H2;2*1-2H3;;/q2*-2;;;;. The van der Waals surface area contributed by atoms with Crippen LogP contribution in [0.4, 0.5) is 0 Å². The Bertz CT molecular complexity index is 520. The third-order valence-corrected chi connectivity index (χ3v) is 2.74. The quantitative estimate of drug-likeness (QED) is 0.229. The maximum atomic E-state index is 9.03. The summed E-state index contributed by atoms with van der Waals surface area (Å²) in [6.45, 7) is 22.1. The van der Waals surface area contributed by atoms with Gasteiger partial charge in [-0.25, -0.2) is 6.07 Å². The molecule has 0 amide bonds. The van der Waals surface area contributed by atoms with Gasteiger partial charge in [0, 0.05) is 65.4 Å². The normalized spacial score (nSPS) is 7.85. The van der Waals surface area contributed by atoms with Gasteiger partial charge in [-0.3, -0.25) is 49.9 Å². The fourth-order valence-corrected chi connectivity index (χ4v) is 1.33. The average Bonchev–Trinajstić information content (AvgIpc) is 2.62. The summed E-state index contributed by atoms with van der Waals surface area (Å²) < 4.78 is 0. The summed E-state index contributed by atoms with van der Waals surface area (Å²) in [5, 5.41) is 36.0. The predicted octanol–water partition coefficient (Wildman–Crippen LogP) is 4.97. The van der Waals surface area contributed by atoms with Crippen molar-refractivity contribution in [1.29, 1.82) is 0 Å². The van der Waals surface area contributed by atoms with Gasteiger partial charge in [0.05, 0.1) is 5.75 Å². The Morgan fingerprint density at radius 2 is 0.846 bits per heavy atom. The molecule has 0 aliphatic rings. The molecule has 4 nitrogen and oxygen atoms in total. The molecule has 0 aliphatic carbocycles. The Balaban J connectivity index is -0.000000147. The summed E-state index contributed by atoms with van der Waals surface area (Å²) in [4.78, 5) is 0. The van der Waals surface area contributed by atoms with E-state index in [0.29, 0.717) is 22.3 Å². The molecule has 0 saturated carbocycles. The monoisotopic (exact) mass is 510 g/mol. The van der Waals surface area contributed by atoms with Crippen molar-refractivity contribution >= 4 is 0 Å². The molecule has 2 rings (SSSR count). The van der Waals surface area contributed by atoms with Gasteiger partial charge < -0.3 is 20.4 Å². The number of aromatic hydroxyl groups is 4. The van der Waals surface area contributed by atoms with E-state index in [1.807, 2.05) is 27.7 Å². The number of phenols is 4. The van der Waals surface area contributed by atoms with Crippen molar-refractivity contribution in [2.75, 3.05) is 0 Å². The van der Waals surface area contributed by atoms with E-state index in [2.05, 4.69) is 27.7 Å². The van der Waals surface area contributed by atoms with E-state index in [1.165, 1.54) is 18.2 Å². The van der Waals surface area contributed by atoms with Crippen molar-refractivity contribution in [3.8, 4) is 23.0 Å². The van der Waals surface area contributed by atoms with Crippen molar-refractivity contribution in [3.63, 3.8) is 0 Å². The number of benzene rings is 2. The smallest absolute Gasteiger partial charge is 0.0763 e. The van der Waals surface area contributed by atoms with E-state index in [4.69, 9.17) is 20.4 Å². The summed E-state index contributed by atoms with van der Waals surface area (Å²) in [7, 11) is 0. The minimum atomic E-state index is -0.187. The van der Waals surface area contributed by atoms with Crippen molar-refractivity contribution < 1.29 is 85.8 Å². The fraction of sp³-hybridized carbons (Fsp3) is 0.200. The van der Waals surface area contributed by atoms with Crippen LogP contribution < -0.4 is 0 Å². The molecule has 6 heteroatoms. The summed E-state index contributed by atoms with van der Waals surface area (Å²) in [5.41, 5.74) is 1.75. The minimum absolute atomic E-state index is 0. The van der Waals surface area contributed by atoms with Gasteiger partial charge in [0.25, 0.3) is 0 Å². The second-order valence-electron chi connectivity index (χ2n) is 4.13. The minimum Gasteiger partial charge on any atom is -0.578 e. The van der Waals surface area contributed by atoms with E-state index in [9.17, 15) is 0 Å². The van der Waals surface area contributed by atoms with Crippen LogP contribution >= 0.6 is 0 Å². The molecule has 0 bridgehead atoms. The first-order valence-corrected chi connectivity index (χ1v) is 7.63. The van der Waals surface area contributed by atoms with Gasteiger partial charge in [0.2, 0.25) is 0 Å². The molecule has 142 valence electrons. The zero-order valence-electron chi connectivity index (χ0n) is 16.1. The first kappa shape index (κ1) is 33.0. The van der Waals surface area contributed by atoms with Crippen LogP contribution in [-0.4, -0.2) is 20.4 Å². The van der Waals surface area contributed by atoms with E-state index < -0.39 is 0 Å². The van der Waals surface area contributed by atoms with Crippen LogP contribution in [0, 0.1) is 27.7 Å². The van der Waals surface area contributed by atoms with Gasteiger partial charge in [-0.1, -0.05) is 45.9 Å². The van der Waals surface area contributed by atoms with Gasteiger partial charge in [-0.15, -0.1) is 0 Å². The summed E-state index contributed by atoms with van der Waals surface area (Å²) in [5.74, 6) is -0.226. The molecule has 2 aromatic rings. The molecular formula is C20H28O4Y2-4. The van der Waals surface area contributed by atoms with Crippen LogP contribution in [0.25, 0.3) is 0 Å². The van der Waals surface area contributed by atoms with Crippen LogP contribution in [0.1, 0.15) is 49.9 Å². The SMILES string of the molecule is CC.CC.[CH2-]c1c(O)ccc(O)c1[CH2-].[CH2-]c1ccc(O)c(O)c1[CH2-].[Y].[Y]. The molecule has 2 radical (unpaired) electrons. The molecule has 0 fully saturated rings. The summed E-state index contributed by atoms with van der Waals surface area (Å²) in [6.07, 6.45) is 0. The Labute approximate surface area is 208 Å². The molecule has 26 heavy (non-hydrogen) atoms. The Hall–Kier alpha value is -0.672. The fourth-order valence-electron chi connectivity index (χ4n) is 1.33. The number of hydrogen-bond donors (Lipinski definition) is 4. The average molecular weight is 510 g/mol. The molecule has 0 saturated heterocycles. The Morgan fingerprint density at radius 3 is 1.15 bits per heavy atom. The first-order valence-electron chi connectivity index (χ1n) is 7.63.